The summed E-state index contributed by atoms with van der Waals surface area (Å²) in [5.74, 6) is 1.55. The molecular weight excluding hydrogens is 160 g/mol. The minimum absolute atomic E-state index is 0.0352. The van der Waals surface area contributed by atoms with Gasteiger partial charge in [-0.3, -0.25) is 0 Å². The van der Waals surface area contributed by atoms with Crippen LogP contribution in [0.1, 0.15) is 40.0 Å². The summed E-state index contributed by atoms with van der Waals surface area (Å²) in [6.07, 6.45) is 3.91. The number of rotatable bonds is 6. The predicted octanol–water partition coefficient (Wildman–Crippen LogP) is 1.75. The van der Waals surface area contributed by atoms with Gasteiger partial charge in [-0.05, 0) is 38.1 Å². The van der Waals surface area contributed by atoms with Crippen molar-refractivity contribution in [2.24, 2.45) is 17.6 Å². The van der Waals surface area contributed by atoms with E-state index in [2.05, 4.69) is 26.1 Å². The average Bonchev–Trinajstić information content (AvgIpc) is 2.85. The number of hydrogen-bond donors (Lipinski definition) is 2. The third kappa shape index (κ3) is 3.65. The van der Waals surface area contributed by atoms with Crippen LogP contribution in [-0.2, 0) is 0 Å². The molecule has 0 spiro atoms. The Balaban J connectivity index is 2.10. The highest BCUT2D eigenvalue weighted by Crippen LogP contribution is 2.37. The summed E-state index contributed by atoms with van der Waals surface area (Å²) in [5, 5.41) is 3.47. The highest BCUT2D eigenvalue weighted by Gasteiger charge is 2.37. The van der Waals surface area contributed by atoms with Gasteiger partial charge in [0.25, 0.3) is 0 Å². The van der Waals surface area contributed by atoms with Crippen molar-refractivity contribution in [3.63, 3.8) is 0 Å². The Kier molecular flexibility index (Phi) is 3.74. The first-order valence-electron chi connectivity index (χ1n) is 5.56. The van der Waals surface area contributed by atoms with Gasteiger partial charge >= 0.3 is 0 Å². The topological polar surface area (TPSA) is 38.0 Å². The van der Waals surface area contributed by atoms with Gasteiger partial charge < -0.3 is 11.1 Å². The van der Waals surface area contributed by atoms with Crippen molar-refractivity contribution in [1.29, 1.82) is 0 Å². The fraction of sp³-hybridized carbons (Fsp3) is 1.00. The Labute approximate surface area is 82.3 Å². The van der Waals surface area contributed by atoms with Gasteiger partial charge in [0.15, 0.2) is 0 Å². The summed E-state index contributed by atoms with van der Waals surface area (Å²) in [4.78, 5) is 0. The Hall–Kier alpha value is -0.0800. The van der Waals surface area contributed by atoms with Gasteiger partial charge in [0.2, 0.25) is 0 Å². The van der Waals surface area contributed by atoms with Crippen LogP contribution in [0, 0.1) is 11.8 Å². The smallest absolute Gasteiger partial charge is 0.0280 e. The van der Waals surface area contributed by atoms with Gasteiger partial charge in [0.1, 0.15) is 0 Å². The molecule has 2 nitrogen and oxygen atoms in total. The van der Waals surface area contributed by atoms with Gasteiger partial charge in [0.05, 0.1) is 0 Å². The lowest BCUT2D eigenvalue weighted by molar-refractivity contribution is 0.364. The molecule has 1 aliphatic rings. The zero-order valence-electron chi connectivity index (χ0n) is 9.27. The lowest BCUT2D eigenvalue weighted by atomic mass is 9.97. The van der Waals surface area contributed by atoms with Gasteiger partial charge in [-0.2, -0.15) is 0 Å². The summed E-state index contributed by atoms with van der Waals surface area (Å²) < 4.78 is 0. The molecule has 0 saturated heterocycles. The van der Waals surface area contributed by atoms with Gasteiger partial charge in [-0.1, -0.05) is 20.3 Å². The number of nitrogens with two attached hydrogens (primary N) is 1. The van der Waals surface area contributed by atoms with Crippen molar-refractivity contribution < 1.29 is 0 Å². The zero-order valence-corrected chi connectivity index (χ0v) is 9.27. The molecular formula is C11H24N2. The van der Waals surface area contributed by atoms with E-state index in [1.54, 1.807) is 0 Å². The molecule has 1 fully saturated rings. The molecule has 0 aromatic rings. The number of hydrogen-bond acceptors (Lipinski definition) is 2. The molecule has 0 amide bonds. The van der Waals surface area contributed by atoms with Crippen LogP contribution < -0.4 is 11.1 Å². The largest absolute Gasteiger partial charge is 0.324 e. The predicted molar refractivity (Wildman–Crippen MR) is 57.6 cm³/mol. The molecule has 78 valence electrons. The highest BCUT2D eigenvalue weighted by atomic mass is 14.9. The second-order valence-corrected chi connectivity index (χ2v) is 4.92. The van der Waals surface area contributed by atoms with Crippen molar-refractivity contribution in [1.82, 2.24) is 5.32 Å². The molecule has 2 heteroatoms. The van der Waals surface area contributed by atoms with E-state index in [-0.39, 0.29) is 5.54 Å². The van der Waals surface area contributed by atoms with Crippen molar-refractivity contribution >= 4 is 0 Å². The highest BCUT2D eigenvalue weighted by molar-refractivity contribution is 4.96. The fourth-order valence-corrected chi connectivity index (χ4v) is 1.62. The monoisotopic (exact) mass is 184 g/mol. The van der Waals surface area contributed by atoms with Gasteiger partial charge in [0, 0.05) is 12.1 Å². The Bertz CT molecular complexity index is 150. The van der Waals surface area contributed by atoms with E-state index in [9.17, 15) is 0 Å². The van der Waals surface area contributed by atoms with E-state index >= 15 is 0 Å². The first kappa shape index (κ1) is 11.0. The Morgan fingerprint density at radius 3 is 2.62 bits per heavy atom. The molecule has 3 N–H and O–H groups in total. The van der Waals surface area contributed by atoms with Crippen LogP contribution in [0.3, 0.4) is 0 Å². The van der Waals surface area contributed by atoms with Crippen LogP contribution in [0.25, 0.3) is 0 Å². The molecule has 0 heterocycles. The summed E-state index contributed by atoms with van der Waals surface area (Å²) >= 11 is 0. The summed E-state index contributed by atoms with van der Waals surface area (Å²) in [7, 11) is 0. The van der Waals surface area contributed by atoms with Gasteiger partial charge in [-0.15, -0.1) is 0 Å². The van der Waals surface area contributed by atoms with Crippen molar-refractivity contribution in [3.8, 4) is 0 Å². The minimum Gasteiger partial charge on any atom is -0.324 e. The maximum Gasteiger partial charge on any atom is 0.0280 e. The zero-order chi connectivity index (χ0) is 9.90. The van der Waals surface area contributed by atoms with Crippen molar-refractivity contribution in [3.05, 3.63) is 0 Å². The Morgan fingerprint density at radius 1 is 1.54 bits per heavy atom. The van der Waals surface area contributed by atoms with Crippen molar-refractivity contribution in [2.45, 2.75) is 45.6 Å². The molecule has 0 bridgehead atoms. The van der Waals surface area contributed by atoms with E-state index in [4.69, 9.17) is 5.73 Å². The average molecular weight is 184 g/mol. The molecule has 0 radical (unpaired) electrons. The Morgan fingerprint density at radius 2 is 2.15 bits per heavy atom. The minimum atomic E-state index is 0.0352. The standard InChI is InChI=1S/C11H24N2/c1-4-9(2)7-13-8-11(3,12)10-5-6-10/h9-10,13H,4-8,12H2,1-3H3. The lowest BCUT2D eigenvalue weighted by Gasteiger charge is -2.25. The van der Waals surface area contributed by atoms with Crippen molar-refractivity contribution in [2.75, 3.05) is 13.1 Å². The van der Waals surface area contributed by atoms with Crippen LogP contribution in [0.5, 0.6) is 0 Å². The van der Waals surface area contributed by atoms with Crippen LogP contribution in [0.15, 0.2) is 0 Å². The molecule has 2 atom stereocenters. The molecule has 1 rings (SSSR count). The molecule has 0 aliphatic heterocycles. The van der Waals surface area contributed by atoms with E-state index < -0.39 is 0 Å². The van der Waals surface area contributed by atoms with E-state index in [0.717, 1.165) is 24.9 Å². The van der Waals surface area contributed by atoms with Crippen LogP contribution in [-0.4, -0.2) is 18.6 Å². The number of nitrogens with one attached hydrogen (secondary N) is 1. The van der Waals surface area contributed by atoms with Crippen LogP contribution in [0.4, 0.5) is 0 Å². The SMILES string of the molecule is CCC(C)CNCC(C)(N)C1CC1. The second kappa shape index (κ2) is 4.43. The van der Waals surface area contributed by atoms with E-state index in [1.165, 1.54) is 19.3 Å². The fourth-order valence-electron chi connectivity index (χ4n) is 1.62. The van der Waals surface area contributed by atoms with Crippen LogP contribution in [0.2, 0.25) is 0 Å². The summed E-state index contributed by atoms with van der Waals surface area (Å²) in [6.45, 7) is 8.76. The molecule has 0 aromatic heterocycles. The van der Waals surface area contributed by atoms with E-state index in [1.807, 2.05) is 0 Å². The third-order valence-corrected chi connectivity index (χ3v) is 3.21. The molecule has 2 unspecified atom stereocenters. The van der Waals surface area contributed by atoms with Crippen LogP contribution >= 0.6 is 0 Å². The normalized spacial score (nSPS) is 24.0. The molecule has 1 aliphatic carbocycles. The molecule has 1 saturated carbocycles. The molecule has 0 aromatic carbocycles. The summed E-state index contributed by atoms with van der Waals surface area (Å²) in [6, 6.07) is 0. The summed E-state index contributed by atoms with van der Waals surface area (Å²) in [5.41, 5.74) is 6.22. The maximum atomic E-state index is 6.19. The molecule has 13 heavy (non-hydrogen) atoms. The first-order chi connectivity index (χ1) is 6.06. The van der Waals surface area contributed by atoms with Gasteiger partial charge in [-0.25, -0.2) is 0 Å². The third-order valence-electron chi connectivity index (χ3n) is 3.21. The first-order valence-corrected chi connectivity index (χ1v) is 5.56. The maximum absolute atomic E-state index is 6.19. The quantitative estimate of drug-likeness (QED) is 0.660. The second-order valence-electron chi connectivity index (χ2n) is 4.92. The van der Waals surface area contributed by atoms with E-state index in [0.29, 0.717) is 0 Å². The lowest BCUT2D eigenvalue weighted by Crippen LogP contribution is -2.48.